The highest BCUT2D eigenvalue weighted by atomic mass is 35.5. The van der Waals surface area contributed by atoms with Crippen molar-refractivity contribution in [1.82, 2.24) is 5.43 Å². The van der Waals surface area contributed by atoms with Crippen molar-refractivity contribution in [3.05, 3.63) is 87.4 Å². The van der Waals surface area contributed by atoms with Gasteiger partial charge in [-0.1, -0.05) is 47.5 Å². The number of benzene rings is 3. The Balaban J connectivity index is 1.55. The van der Waals surface area contributed by atoms with E-state index in [1.807, 2.05) is 32.0 Å². The summed E-state index contributed by atoms with van der Waals surface area (Å²) < 4.78 is 5.61. The molecule has 35 heavy (non-hydrogen) atoms. The number of hydrogen-bond donors (Lipinski definition) is 3. The highest BCUT2D eigenvalue weighted by Crippen LogP contribution is 2.29. The molecule has 0 aliphatic heterocycles. The largest absolute Gasteiger partial charge is 0.483 e. The number of nitrogens with one attached hydrogen (secondary N) is 3. The fourth-order valence-electron chi connectivity index (χ4n) is 2.87. The number of carbonyl (C=O) groups is 3. The van der Waals surface area contributed by atoms with Crippen molar-refractivity contribution in [3.8, 4) is 5.75 Å². The van der Waals surface area contributed by atoms with Gasteiger partial charge in [0.25, 0.3) is 5.91 Å². The topological polar surface area (TPSA) is 109 Å². The van der Waals surface area contributed by atoms with Gasteiger partial charge in [-0.25, -0.2) is 5.43 Å². The third-order valence-electron chi connectivity index (χ3n) is 4.84. The van der Waals surface area contributed by atoms with Gasteiger partial charge in [-0.15, -0.1) is 0 Å². The minimum Gasteiger partial charge on any atom is -0.483 e. The maximum atomic E-state index is 12.3. The van der Waals surface area contributed by atoms with E-state index in [2.05, 4.69) is 21.2 Å². The molecule has 0 radical (unpaired) electrons. The van der Waals surface area contributed by atoms with Gasteiger partial charge in [-0.2, -0.15) is 5.10 Å². The van der Waals surface area contributed by atoms with Crippen molar-refractivity contribution < 1.29 is 19.1 Å². The lowest BCUT2D eigenvalue weighted by molar-refractivity contribution is -0.136. The number of hydrazone groups is 1. The van der Waals surface area contributed by atoms with Crippen LogP contribution >= 0.6 is 23.2 Å². The van der Waals surface area contributed by atoms with Crippen LogP contribution in [0.15, 0.2) is 65.8 Å². The summed E-state index contributed by atoms with van der Waals surface area (Å²) in [6, 6.07) is 17.1. The van der Waals surface area contributed by atoms with Crippen molar-refractivity contribution in [3.63, 3.8) is 0 Å². The number of aryl methyl sites for hydroxylation is 2. The van der Waals surface area contributed by atoms with Gasteiger partial charge in [-0.3, -0.25) is 14.4 Å². The predicted octanol–water partition coefficient (Wildman–Crippen LogP) is 4.72. The zero-order valence-corrected chi connectivity index (χ0v) is 20.4. The van der Waals surface area contributed by atoms with Crippen LogP contribution in [0.25, 0.3) is 0 Å². The summed E-state index contributed by atoms with van der Waals surface area (Å²) in [6.07, 6.45) is 1.30. The highest BCUT2D eigenvalue weighted by Gasteiger charge is 2.15. The summed E-state index contributed by atoms with van der Waals surface area (Å²) in [5.41, 5.74) is 5.69. The first-order chi connectivity index (χ1) is 16.7. The van der Waals surface area contributed by atoms with Gasteiger partial charge in [0.15, 0.2) is 6.61 Å². The fraction of sp³-hybridized carbons (Fsp3) is 0.120. The summed E-state index contributed by atoms with van der Waals surface area (Å²) >= 11 is 11.9. The zero-order chi connectivity index (χ0) is 25.4. The highest BCUT2D eigenvalue weighted by molar-refractivity contribution is 6.45. The van der Waals surface area contributed by atoms with E-state index in [0.717, 1.165) is 11.1 Å². The van der Waals surface area contributed by atoms with Crippen LogP contribution in [0.5, 0.6) is 5.75 Å². The molecule has 0 aromatic heterocycles. The first-order valence-electron chi connectivity index (χ1n) is 10.4. The van der Waals surface area contributed by atoms with Crippen molar-refractivity contribution in [1.29, 1.82) is 0 Å². The third kappa shape index (κ3) is 7.30. The second kappa shape index (κ2) is 12.0. The lowest BCUT2D eigenvalue weighted by Gasteiger charge is -2.10. The van der Waals surface area contributed by atoms with E-state index in [1.165, 1.54) is 12.3 Å². The second-order valence-corrected chi connectivity index (χ2v) is 8.21. The standard InChI is InChI=1S/C25H22Cl2N4O4/c1-15-10-11-18(12-16(15)2)29-22(32)14-35-21-9-4-3-6-17(21)13-28-31-25(34)24(33)30-20-8-5-7-19(26)23(20)27/h3-13H,14H2,1-2H3,(H,29,32)(H,30,33)(H,31,34)/b28-13-. The molecule has 3 rings (SSSR count). The van der Waals surface area contributed by atoms with Crippen LogP contribution in [-0.4, -0.2) is 30.5 Å². The normalized spacial score (nSPS) is 10.6. The van der Waals surface area contributed by atoms with Crippen molar-refractivity contribution in [2.24, 2.45) is 5.10 Å². The van der Waals surface area contributed by atoms with E-state index < -0.39 is 11.8 Å². The molecule has 0 fully saturated rings. The molecule has 0 aliphatic rings. The zero-order valence-electron chi connectivity index (χ0n) is 18.9. The monoisotopic (exact) mass is 512 g/mol. The van der Waals surface area contributed by atoms with Crippen molar-refractivity contribution >= 4 is 58.5 Å². The number of rotatable bonds is 7. The van der Waals surface area contributed by atoms with Crippen LogP contribution in [0, 0.1) is 13.8 Å². The van der Waals surface area contributed by atoms with Crippen LogP contribution in [-0.2, 0) is 14.4 Å². The quantitative estimate of drug-likeness (QED) is 0.241. The maximum Gasteiger partial charge on any atom is 0.329 e. The number of hydrogen-bond acceptors (Lipinski definition) is 5. The van der Waals surface area contributed by atoms with Crippen LogP contribution < -0.4 is 20.8 Å². The Bertz CT molecular complexity index is 1290. The molecule has 8 nitrogen and oxygen atoms in total. The van der Waals surface area contributed by atoms with Gasteiger partial charge < -0.3 is 15.4 Å². The number of carbonyl (C=O) groups excluding carboxylic acids is 3. The van der Waals surface area contributed by atoms with Gasteiger partial charge in [-0.05, 0) is 61.4 Å². The molecule has 180 valence electrons. The average Bonchev–Trinajstić information content (AvgIpc) is 2.83. The molecule has 0 atom stereocenters. The molecule has 0 unspecified atom stereocenters. The van der Waals surface area contributed by atoms with Gasteiger partial charge in [0, 0.05) is 11.3 Å². The second-order valence-electron chi connectivity index (χ2n) is 7.43. The molecule has 0 bridgehead atoms. The molecule has 0 aliphatic carbocycles. The van der Waals surface area contributed by atoms with Crippen LogP contribution in [0.1, 0.15) is 16.7 Å². The minimum absolute atomic E-state index is 0.117. The van der Waals surface area contributed by atoms with E-state index in [1.54, 1.807) is 36.4 Å². The van der Waals surface area contributed by atoms with E-state index in [4.69, 9.17) is 27.9 Å². The number of halogens is 2. The molecule has 3 amide bonds. The van der Waals surface area contributed by atoms with Gasteiger partial charge in [0.2, 0.25) is 0 Å². The Morgan fingerprint density at radius 3 is 2.46 bits per heavy atom. The van der Waals surface area contributed by atoms with E-state index >= 15 is 0 Å². The number of nitrogens with zero attached hydrogens (tertiary/aromatic N) is 1. The molecule has 3 N–H and O–H groups in total. The Labute approximate surface area is 212 Å². The first-order valence-corrected chi connectivity index (χ1v) is 11.2. The number of ether oxygens (including phenoxy) is 1. The van der Waals surface area contributed by atoms with Gasteiger partial charge in [0.1, 0.15) is 5.75 Å². The number of para-hydroxylation sites is 1. The molecule has 0 spiro atoms. The van der Waals surface area contributed by atoms with Crippen LogP contribution in [0.4, 0.5) is 11.4 Å². The Hall–Kier alpha value is -3.88. The fourth-order valence-corrected chi connectivity index (χ4v) is 3.22. The summed E-state index contributed by atoms with van der Waals surface area (Å²) in [6.45, 7) is 3.73. The Kier molecular flexibility index (Phi) is 8.83. The smallest absolute Gasteiger partial charge is 0.329 e. The molecule has 0 saturated heterocycles. The summed E-state index contributed by atoms with van der Waals surface area (Å²) in [4.78, 5) is 36.4. The predicted molar refractivity (Wildman–Crippen MR) is 137 cm³/mol. The Morgan fingerprint density at radius 2 is 1.69 bits per heavy atom. The molecule has 0 saturated carbocycles. The number of anilines is 2. The van der Waals surface area contributed by atoms with E-state index in [-0.39, 0.29) is 28.2 Å². The average molecular weight is 513 g/mol. The summed E-state index contributed by atoms with van der Waals surface area (Å²) in [7, 11) is 0. The van der Waals surface area contributed by atoms with Crippen LogP contribution in [0.2, 0.25) is 10.0 Å². The van der Waals surface area contributed by atoms with Crippen molar-refractivity contribution in [2.45, 2.75) is 13.8 Å². The summed E-state index contributed by atoms with van der Waals surface area (Å²) in [5.74, 6) is -1.94. The SMILES string of the molecule is Cc1ccc(NC(=O)COc2ccccc2/C=N\NC(=O)C(=O)Nc2cccc(Cl)c2Cl)cc1C. The number of amides is 3. The van der Waals surface area contributed by atoms with Crippen molar-refractivity contribution in [2.75, 3.05) is 17.2 Å². The Morgan fingerprint density at radius 1 is 0.914 bits per heavy atom. The summed E-state index contributed by atoms with van der Waals surface area (Å²) in [5, 5.41) is 9.29. The third-order valence-corrected chi connectivity index (χ3v) is 5.66. The molecule has 3 aromatic carbocycles. The maximum absolute atomic E-state index is 12.3. The molecule has 3 aromatic rings. The molecule has 0 heterocycles. The molecular weight excluding hydrogens is 491 g/mol. The lowest BCUT2D eigenvalue weighted by atomic mass is 10.1. The van der Waals surface area contributed by atoms with E-state index in [9.17, 15) is 14.4 Å². The molecular formula is C25H22Cl2N4O4. The lowest BCUT2D eigenvalue weighted by Crippen LogP contribution is -2.32. The minimum atomic E-state index is -1.01. The van der Waals surface area contributed by atoms with Gasteiger partial charge >= 0.3 is 11.8 Å². The van der Waals surface area contributed by atoms with Gasteiger partial charge in [0.05, 0.1) is 21.9 Å². The first kappa shape index (κ1) is 25.7. The molecule has 10 heteroatoms. The van der Waals surface area contributed by atoms with Crippen LogP contribution in [0.3, 0.4) is 0 Å². The van der Waals surface area contributed by atoms with E-state index in [0.29, 0.717) is 17.0 Å².